The molecule has 1 aromatic carbocycles. The quantitative estimate of drug-likeness (QED) is 0.795. The molecule has 4 heteroatoms. The van der Waals surface area contributed by atoms with Crippen molar-refractivity contribution in [2.45, 2.75) is 52.2 Å². The number of urea groups is 1. The first-order valence-corrected chi connectivity index (χ1v) is 7.79. The van der Waals surface area contributed by atoms with Gasteiger partial charge in [-0.1, -0.05) is 26.0 Å². The van der Waals surface area contributed by atoms with Gasteiger partial charge in [-0.2, -0.15) is 0 Å². The van der Waals surface area contributed by atoms with Crippen molar-refractivity contribution in [1.29, 1.82) is 0 Å². The van der Waals surface area contributed by atoms with E-state index in [1.54, 1.807) is 6.92 Å². The zero-order valence-electron chi connectivity index (χ0n) is 13.1. The summed E-state index contributed by atoms with van der Waals surface area (Å²) in [6, 6.07) is 7.39. The largest absolute Gasteiger partial charge is 0.389 e. The molecule has 21 heavy (non-hydrogen) atoms. The van der Waals surface area contributed by atoms with Crippen LogP contribution in [0.2, 0.25) is 0 Å². The van der Waals surface area contributed by atoms with Crippen molar-refractivity contribution in [2.75, 3.05) is 5.32 Å². The summed E-state index contributed by atoms with van der Waals surface area (Å²) in [5, 5.41) is 15.4. The van der Waals surface area contributed by atoms with Crippen LogP contribution in [0, 0.1) is 11.8 Å². The van der Waals surface area contributed by atoms with Gasteiger partial charge in [0.15, 0.2) is 0 Å². The van der Waals surface area contributed by atoms with Gasteiger partial charge in [0.1, 0.15) is 0 Å². The van der Waals surface area contributed by atoms with Crippen molar-refractivity contribution in [3.63, 3.8) is 0 Å². The highest BCUT2D eigenvalue weighted by Crippen LogP contribution is 2.28. The molecule has 3 N–H and O–H groups in total. The highest BCUT2D eigenvalue weighted by Gasteiger charge is 2.24. The topological polar surface area (TPSA) is 61.4 Å². The Morgan fingerprint density at radius 1 is 1.14 bits per heavy atom. The van der Waals surface area contributed by atoms with Crippen LogP contribution < -0.4 is 10.6 Å². The van der Waals surface area contributed by atoms with E-state index in [0.717, 1.165) is 24.1 Å². The maximum absolute atomic E-state index is 12.0. The number of benzene rings is 1. The molecule has 2 amide bonds. The van der Waals surface area contributed by atoms with E-state index >= 15 is 0 Å². The summed E-state index contributed by atoms with van der Waals surface area (Å²) in [7, 11) is 0. The number of aliphatic hydroxyl groups excluding tert-OH is 1. The van der Waals surface area contributed by atoms with Crippen LogP contribution in [0.15, 0.2) is 24.3 Å². The molecule has 0 spiro atoms. The second-order valence-electron chi connectivity index (χ2n) is 6.51. The predicted molar refractivity (Wildman–Crippen MR) is 85.2 cm³/mol. The van der Waals surface area contributed by atoms with Gasteiger partial charge in [-0.25, -0.2) is 4.79 Å². The minimum absolute atomic E-state index is 0.147. The zero-order chi connectivity index (χ0) is 15.4. The third-order valence-corrected chi connectivity index (χ3v) is 4.16. The summed E-state index contributed by atoms with van der Waals surface area (Å²) < 4.78 is 0. The van der Waals surface area contributed by atoms with Crippen molar-refractivity contribution in [2.24, 2.45) is 11.8 Å². The van der Waals surface area contributed by atoms with Gasteiger partial charge in [-0.3, -0.25) is 0 Å². The van der Waals surface area contributed by atoms with E-state index in [1.165, 1.54) is 6.42 Å². The fourth-order valence-corrected chi connectivity index (χ4v) is 3.26. The van der Waals surface area contributed by atoms with E-state index in [4.69, 9.17) is 0 Å². The Hall–Kier alpha value is -1.55. The number of nitrogens with one attached hydrogen (secondary N) is 2. The first kappa shape index (κ1) is 15.8. The molecule has 0 heterocycles. The summed E-state index contributed by atoms with van der Waals surface area (Å²) in [4.78, 5) is 12.0. The Morgan fingerprint density at radius 2 is 1.71 bits per heavy atom. The third-order valence-electron chi connectivity index (χ3n) is 4.16. The van der Waals surface area contributed by atoms with Crippen molar-refractivity contribution in [1.82, 2.24) is 5.32 Å². The van der Waals surface area contributed by atoms with E-state index < -0.39 is 6.10 Å². The molecule has 3 unspecified atom stereocenters. The molecule has 0 radical (unpaired) electrons. The number of hydrogen-bond donors (Lipinski definition) is 3. The number of aliphatic hydroxyl groups is 1. The first-order valence-electron chi connectivity index (χ1n) is 7.79. The Labute approximate surface area is 126 Å². The lowest BCUT2D eigenvalue weighted by Gasteiger charge is -2.31. The van der Waals surface area contributed by atoms with Crippen LogP contribution in [0.25, 0.3) is 0 Å². The second-order valence-corrected chi connectivity index (χ2v) is 6.51. The van der Waals surface area contributed by atoms with Gasteiger partial charge in [0.25, 0.3) is 0 Å². The second kappa shape index (κ2) is 6.94. The minimum Gasteiger partial charge on any atom is -0.389 e. The molecule has 1 fully saturated rings. The zero-order valence-corrected chi connectivity index (χ0v) is 13.1. The predicted octanol–water partition coefficient (Wildman–Crippen LogP) is 3.69. The SMILES string of the molecule is CC1CC(C)CC(NC(=O)Nc2ccc(C(C)O)cc2)C1. The van der Waals surface area contributed by atoms with Gasteiger partial charge in [0.05, 0.1) is 6.10 Å². The Kier molecular flexibility index (Phi) is 5.23. The standard InChI is InChI=1S/C17H26N2O2/c1-11-8-12(2)10-16(9-11)19-17(21)18-15-6-4-14(5-7-15)13(3)20/h4-7,11-13,16,20H,8-10H2,1-3H3,(H2,18,19,21). The van der Waals surface area contributed by atoms with Gasteiger partial charge < -0.3 is 15.7 Å². The Balaban J connectivity index is 1.86. The van der Waals surface area contributed by atoms with Crippen LogP contribution in [-0.4, -0.2) is 17.2 Å². The number of anilines is 1. The van der Waals surface area contributed by atoms with Gasteiger partial charge in [-0.15, -0.1) is 0 Å². The van der Waals surface area contributed by atoms with Crippen LogP contribution in [0.1, 0.15) is 51.7 Å². The first-order chi connectivity index (χ1) is 9.94. The molecule has 1 saturated carbocycles. The minimum atomic E-state index is -0.488. The molecule has 1 aliphatic carbocycles. The summed E-state index contributed by atoms with van der Waals surface area (Å²) >= 11 is 0. The molecule has 1 aliphatic rings. The van der Waals surface area contributed by atoms with Crippen LogP contribution in [-0.2, 0) is 0 Å². The molecule has 3 atom stereocenters. The number of amides is 2. The highest BCUT2D eigenvalue weighted by atomic mass is 16.3. The van der Waals surface area contributed by atoms with Crippen LogP contribution >= 0.6 is 0 Å². The Morgan fingerprint density at radius 3 is 2.24 bits per heavy atom. The van der Waals surface area contributed by atoms with E-state index in [1.807, 2.05) is 24.3 Å². The molecular weight excluding hydrogens is 264 g/mol. The normalized spacial score (nSPS) is 27.0. The van der Waals surface area contributed by atoms with Crippen LogP contribution in [0.3, 0.4) is 0 Å². The van der Waals surface area contributed by atoms with E-state index in [2.05, 4.69) is 24.5 Å². The molecule has 0 saturated heterocycles. The molecule has 0 aromatic heterocycles. The highest BCUT2D eigenvalue weighted by molar-refractivity contribution is 5.89. The number of carbonyl (C=O) groups is 1. The van der Waals surface area contributed by atoms with Crippen molar-refractivity contribution >= 4 is 11.7 Å². The fraction of sp³-hybridized carbons (Fsp3) is 0.588. The molecule has 0 bridgehead atoms. The maximum Gasteiger partial charge on any atom is 0.319 e. The van der Waals surface area contributed by atoms with Gasteiger partial charge in [0, 0.05) is 11.7 Å². The van der Waals surface area contributed by atoms with E-state index in [9.17, 15) is 9.90 Å². The van der Waals surface area contributed by atoms with Crippen LogP contribution in [0.5, 0.6) is 0 Å². The molecular formula is C17H26N2O2. The number of rotatable bonds is 3. The molecule has 1 aromatic rings. The lowest BCUT2D eigenvalue weighted by molar-refractivity contribution is 0.199. The van der Waals surface area contributed by atoms with Gasteiger partial charge in [0.2, 0.25) is 0 Å². The molecule has 116 valence electrons. The van der Waals surface area contributed by atoms with Crippen molar-refractivity contribution in [3.8, 4) is 0 Å². The summed E-state index contributed by atoms with van der Waals surface area (Å²) in [5.74, 6) is 1.34. The molecule has 2 rings (SSSR count). The number of carbonyl (C=O) groups excluding carboxylic acids is 1. The monoisotopic (exact) mass is 290 g/mol. The average Bonchev–Trinajstić information content (AvgIpc) is 2.37. The average molecular weight is 290 g/mol. The lowest BCUT2D eigenvalue weighted by Crippen LogP contribution is -2.42. The Bertz CT molecular complexity index is 460. The third kappa shape index (κ3) is 4.74. The van der Waals surface area contributed by atoms with E-state index in [-0.39, 0.29) is 12.1 Å². The van der Waals surface area contributed by atoms with Crippen molar-refractivity contribution in [3.05, 3.63) is 29.8 Å². The maximum atomic E-state index is 12.0. The fourth-order valence-electron chi connectivity index (χ4n) is 3.26. The number of hydrogen-bond acceptors (Lipinski definition) is 2. The lowest BCUT2D eigenvalue weighted by atomic mass is 9.80. The molecule has 0 aliphatic heterocycles. The van der Waals surface area contributed by atoms with Crippen molar-refractivity contribution < 1.29 is 9.90 Å². The molecule has 4 nitrogen and oxygen atoms in total. The summed E-state index contributed by atoms with van der Waals surface area (Å²) in [6.07, 6.45) is 2.87. The van der Waals surface area contributed by atoms with Gasteiger partial charge >= 0.3 is 6.03 Å². The van der Waals surface area contributed by atoms with Crippen LogP contribution in [0.4, 0.5) is 10.5 Å². The smallest absolute Gasteiger partial charge is 0.319 e. The van der Waals surface area contributed by atoms with Gasteiger partial charge in [-0.05, 0) is 55.7 Å². The summed E-state index contributed by atoms with van der Waals surface area (Å²) in [5.41, 5.74) is 1.59. The van der Waals surface area contributed by atoms with E-state index in [0.29, 0.717) is 11.8 Å². The summed E-state index contributed by atoms with van der Waals surface area (Å²) in [6.45, 7) is 6.22.